The predicted octanol–water partition coefficient (Wildman–Crippen LogP) is 2.59. The molecule has 1 aromatic carbocycles. The van der Waals surface area contributed by atoms with E-state index in [0.29, 0.717) is 0 Å². The van der Waals surface area contributed by atoms with Crippen LogP contribution in [-0.4, -0.2) is 25.9 Å². The van der Waals surface area contributed by atoms with E-state index in [2.05, 4.69) is 0 Å². The Bertz CT molecular complexity index is 408. The van der Waals surface area contributed by atoms with Gasteiger partial charge in [-0.05, 0) is 36.6 Å². The quantitative estimate of drug-likeness (QED) is 0.876. The van der Waals surface area contributed by atoms with Gasteiger partial charge in [-0.2, -0.15) is 0 Å². The molecule has 0 aliphatic heterocycles. The number of methoxy groups -OCH3 is 2. The highest BCUT2D eigenvalue weighted by atomic mass is 16.5. The monoisotopic (exact) mass is 238 g/mol. The summed E-state index contributed by atoms with van der Waals surface area (Å²) >= 11 is 0. The third-order valence-electron chi connectivity index (χ3n) is 3.18. The Labute approximate surface area is 103 Å². The van der Waals surface area contributed by atoms with Gasteiger partial charge in [0.15, 0.2) is 11.5 Å². The van der Waals surface area contributed by atoms with Crippen molar-refractivity contribution in [1.82, 2.24) is 0 Å². The summed E-state index contributed by atoms with van der Waals surface area (Å²) in [5.41, 5.74) is 2.98. The molecule has 0 bridgehead atoms. The summed E-state index contributed by atoms with van der Waals surface area (Å²) in [7, 11) is 3.27. The normalized spacial score (nSPS) is 11.5. The second-order valence-electron chi connectivity index (χ2n) is 4.97. The minimum atomic E-state index is -0.284. The molecule has 0 aliphatic carbocycles. The summed E-state index contributed by atoms with van der Waals surface area (Å²) in [4.78, 5) is 0. The van der Waals surface area contributed by atoms with Crippen LogP contribution >= 0.6 is 0 Å². The first-order valence-electron chi connectivity index (χ1n) is 5.72. The van der Waals surface area contributed by atoms with Gasteiger partial charge in [0.1, 0.15) is 0 Å². The van der Waals surface area contributed by atoms with Crippen LogP contribution in [0.3, 0.4) is 0 Å². The second kappa shape index (κ2) is 4.96. The Hall–Kier alpha value is -1.22. The van der Waals surface area contributed by atoms with Crippen molar-refractivity contribution in [3.8, 4) is 11.5 Å². The largest absolute Gasteiger partial charge is 0.493 e. The standard InChI is InChI=1S/C14H22O3/c1-9-7-11(16-5)13(17-6)10(2)12(9)14(3,4)8-15/h7,15H,8H2,1-6H3. The molecule has 17 heavy (non-hydrogen) atoms. The zero-order chi connectivity index (χ0) is 13.2. The maximum absolute atomic E-state index is 9.51. The van der Waals surface area contributed by atoms with E-state index >= 15 is 0 Å². The number of aryl methyl sites for hydroxylation is 1. The molecule has 1 N–H and O–H groups in total. The highest BCUT2D eigenvalue weighted by molar-refractivity contribution is 5.55. The van der Waals surface area contributed by atoms with Gasteiger partial charge in [-0.3, -0.25) is 0 Å². The summed E-state index contributed by atoms with van der Waals surface area (Å²) in [6.07, 6.45) is 0. The van der Waals surface area contributed by atoms with Crippen molar-refractivity contribution in [1.29, 1.82) is 0 Å². The van der Waals surface area contributed by atoms with Gasteiger partial charge in [-0.15, -0.1) is 0 Å². The van der Waals surface area contributed by atoms with Crippen LogP contribution in [0.4, 0.5) is 0 Å². The average molecular weight is 238 g/mol. The maximum atomic E-state index is 9.51. The summed E-state index contributed by atoms with van der Waals surface area (Å²) in [5, 5.41) is 9.51. The molecule has 0 saturated carbocycles. The molecule has 3 heteroatoms. The molecule has 1 aromatic rings. The zero-order valence-electron chi connectivity index (χ0n) is 11.5. The molecule has 0 fully saturated rings. The fourth-order valence-corrected chi connectivity index (χ4v) is 2.45. The molecule has 0 aliphatic rings. The number of aliphatic hydroxyl groups is 1. The Morgan fingerprint density at radius 2 is 1.76 bits per heavy atom. The van der Waals surface area contributed by atoms with Gasteiger partial charge < -0.3 is 14.6 Å². The van der Waals surface area contributed by atoms with E-state index in [9.17, 15) is 5.11 Å². The molecule has 96 valence electrons. The van der Waals surface area contributed by atoms with Gasteiger partial charge in [-0.1, -0.05) is 13.8 Å². The van der Waals surface area contributed by atoms with Crippen molar-refractivity contribution >= 4 is 0 Å². The molecule has 0 saturated heterocycles. The number of hydrogen-bond donors (Lipinski definition) is 1. The minimum Gasteiger partial charge on any atom is -0.493 e. The molecule has 0 amide bonds. The van der Waals surface area contributed by atoms with E-state index < -0.39 is 0 Å². The van der Waals surface area contributed by atoms with Gasteiger partial charge in [0, 0.05) is 5.41 Å². The highest BCUT2D eigenvalue weighted by Gasteiger charge is 2.27. The average Bonchev–Trinajstić information content (AvgIpc) is 2.27. The predicted molar refractivity (Wildman–Crippen MR) is 69.1 cm³/mol. The zero-order valence-corrected chi connectivity index (χ0v) is 11.5. The van der Waals surface area contributed by atoms with Crippen LogP contribution in [0.15, 0.2) is 6.07 Å². The van der Waals surface area contributed by atoms with Crippen molar-refractivity contribution in [2.45, 2.75) is 33.1 Å². The minimum absolute atomic E-state index is 0.101. The third-order valence-corrected chi connectivity index (χ3v) is 3.18. The van der Waals surface area contributed by atoms with Gasteiger partial charge in [0.05, 0.1) is 20.8 Å². The number of rotatable bonds is 4. The second-order valence-corrected chi connectivity index (χ2v) is 4.97. The van der Waals surface area contributed by atoms with E-state index in [1.165, 1.54) is 0 Å². The molecule has 0 aromatic heterocycles. The van der Waals surface area contributed by atoms with Crippen LogP contribution in [0, 0.1) is 13.8 Å². The number of ether oxygens (including phenoxy) is 2. The van der Waals surface area contributed by atoms with Crippen molar-refractivity contribution in [3.63, 3.8) is 0 Å². The van der Waals surface area contributed by atoms with Gasteiger partial charge >= 0.3 is 0 Å². The summed E-state index contributed by atoms with van der Waals surface area (Å²) in [6, 6.07) is 1.96. The van der Waals surface area contributed by atoms with Crippen LogP contribution in [0.1, 0.15) is 30.5 Å². The Morgan fingerprint density at radius 3 is 2.18 bits per heavy atom. The smallest absolute Gasteiger partial charge is 0.163 e. The van der Waals surface area contributed by atoms with Crippen LogP contribution in [-0.2, 0) is 5.41 Å². The summed E-state index contributed by atoms with van der Waals surface area (Å²) in [6.45, 7) is 8.18. The first-order valence-corrected chi connectivity index (χ1v) is 5.72. The molecule has 0 atom stereocenters. The van der Waals surface area contributed by atoms with E-state index in [0.717, 1.165) is 28.2 Å². The lowest BCUT2D eigenvalue weighted by Gasteiger charge is -2.28. The summed E-state index contributed by atoms with van der Waals surface area (Å²) < 4.78 is 10.7. The van der Waals surface area contributed by atoms with Crippen LogP contribution in [0.25, 0.3) is 0 Å². The first kappa shape index (κ1) is 13.8. The molecule has 0 spiro atoms. The Morgan fingerprint density at radius 1 is 1.18 bits per heavy atom. The molecule has 3 nitrogen and oxygen atoms in total. The van der Waals surface area contributed by atoms with Crippen LogP contribution < -0.4 is 9.47 Å². The van der Waals surface area contributed by atoms with E-state index in [1.807, 2.05) is 33.8 Å². The lowest BCUT2D eigenvalue weighted by molar-refractivity contribution is 0.217. The Kier molecular flexibility index (Phi) is 4.04. The fourth-order valence-electron chi connectivity index (χ4n) is 2.45. The number of aliphatic hydroxyl groups excluding tert-OH is 1. The van der Waals surface area contributed by atoms with Crippen molar-refractivity contribution in [2.75, 3.05) is 20.8 Å². The van der Waals surface area contributed by atoms with Crippen molar-refractivity contribution in [2.24, 2.45) is 0 Å². The first-order chi connectivity index (χ1) is 7.88. The van der Waals surface area contributed by atoms with Gasteiger partial charge in [0.2, 0.25) is 0 Å². The van der Waals surface area contributed by atoms with Crippen LogP contribution in [0.5, 0.6) is 11.5 Å². The van der Waals surface area contributed by atoms with Crippen molar-refractivity contribution in [3.05, 3.63) is 22.8 Å². The van der Waals surface area contributed by atoms with Gasteiger partial charge in [0.25, 0.3) is 0 Å². The summed E-state index contributed by atoms with van der Waals surface area (Å²) in [5.74, 6) is 1.48. The third kappa shape index (κ3) is 2.39. The topological polar surface area (TPSA) is 38.7 Å². The van der Waals surface area contributed by atoms with E-state index in [1.54, 1.807) is 14.2 Å². The SMILES string of the molecule is COc1cc(C)c(C(C)(C)CO)c(C)c1OC. The maximum Gasteiger partial charge on any atom is 0.163 e. The highest BCUT2D eigenvalue weighted by Crippen LogP contribution is 2.40. The number of benzene rings is 1. The fraction of sp³-hybridized carbons (Fsp3) is 0.571. The lowest BCUT2D eigenvalue weighted by atomic mass is 9.79. The van der Waals surface area contributed by atoms with E-state index in [4.69, 9.17) is 9.47 Å². The Balaban J connectivity index is 3.53. The molecule has 0 unspecified atom stereocenters. The van der Waals surface area contributed by atoms with Gasteiger partial charge in [-0.25, -0.2) is 0 Å². The van der Waals surface area contributed by atoms with Crippen molar-refractivity contribution < 1.29 is 14.6 Å². The van der Waals surface area contributed by atoms with E-state index in [-0.39, 0.29) is 12.0 Å². The molecular formula is C14H22O3. The molecular weight excluding hydrogens is 216 g/mol. The molecule has 0 radical (unpaired) electrons. The number of hydrogen-bond acceptors (Lipinski definition) is 3. The molecule has 1 rings (SSSR count). The molecule has 0 heterocycles. The lowest BCUT2D eigenvalue weighted by Crippen LogP contribution is -2.25. The van der Waals surface area contributed by atoms with Crippen LogP contribution in [0.2, 0.25) is 0 Å².